The Balaban J connectivity index is 1.01. The van der Waals surface area contributed by atoms with Crippen molar-refractivity contribution in [1.29, 1.82) is 0 Å². The van der Waals surface area contributed by atoms with Gasteiger partial charge >= 0.3 is 0 Å². The molecule has 0 unspecified atom stereocenters. The number of fused-ring (bicyclic) bond motifs is 9. The number of hydrogen-bond acceptors (Lipinski definition) is 4. The number of nitrogens with zero attached hydrogens (tertiary/aromatic N) is 5. The second-order valence-electron chi connectivity index (χ2n) is 19.1. The monoisotopic (exact) mass is 973 g/mol. The Morgan fingerprint density at radius 2 is 0.747 bits per heavy atom. The van der Waals surface area contributed by atoms with Crippen molar-refractivity contribution in [2.45, 2.75) is 0 Å². The summed E-state index contributed by atoms with van der Waals surface area (Å²) in [5.41, 5.74) is 16.2. The van der Waals surface area contributed by atoms with Crippen molar-refractivity contribution < 1.29 is 0 Å². The molecule has 4 heterocycles. The molecule has 350 valence electrons. The first-order valence-corrected chi connectivity index (χ1v) is 26.2. The number of para-hydroxylation sites is 3. The standard InChI is InChI=1S/C69H43N5S/c1-4-20-44(21-5-1)46-24-16-25-48(42-46)67-70-68(72-69(71-67)57-34-17-33-53-50-28-12-15-39-63(50)75-66(53)57)56-41-40-47(45-22-6-2-7-23-45)43-62(56)74-59-36-14-11-30-55(59)65-52(32-19-38-61(65)74)51-31-18-37-60-64(51)54-29-10-13-35-58(54)73(60)49-26-8-3-9-27-49/h1-43H. The lowest BCUT2D eigenvalue weighted by atomic mass is 9.95. The predicted octanol–water partition coefficient (Wildman–Crippen LogP) is 18.4. The minimum atomic E-state index is 0.591. The van der Waals surface area contributed by atoms with E-state index in [0.29, 0.717) is 17.5 Å². The van der Waals surface area contributed by atoms with Crippen LogP contribution < -0.4 is 0 Å². The molecule has 0 bridgehead atoms. The summed E-state index contributed by atoms with van der Waals surface area (Å²) in [4.78, 5) is 16.5. The van der Waals surface area contributed by atoms with E-state index in [1.165, 1.54) is 53.8 Å². The van der Waals surface area contributed by atoms with Crippen LogP contribution in [0.5, 0.6) is 0 Å². The van der Waals surface area contributed by atoms with Crippen molar-refractivity contribution in [2.75, 3.05) is 0 Å². The van der Waals surface area contributed by atoms with Gasteiger partial charge in [-0.1, -0.05) is 194 Å². The lowest BCUT2D eigenvalue weighted by Crippen LogP contribution is -2.04. The first kappa shape index (κ1) is 42.9. The van der Waals surface area contributed by atoms with Crippen LogP contribution in [0.15, 0.2) is 261 Å². The Labute approximate surface area is 436 Å². The van der Waals surface area contributed by atoms with Crippen LogP contribution in [-0.4, -0.2) is 24.1 Å². The van der Waals surface area contributed by atoms with E-state index in [1.54, 1.807) is 11.3 Å². The fraction of sp³-hybridized carbons (Fsp3) is 0. The molecule has 6 heteroatoms. The molecule has 4 aromatic heterocycles. The molecular weight excluding hydrogens is 931 g/mol. The van der Waals surface area contributed by atoms with E-state index in [2.05, 4.69) is 270 Å². The summed E-state index contributed by atoms with van der Waals surface area (Å²) < 4.78 is 7.22. The largest absolute Gasteiger partial charge is 0.309 e. The minimum Gasteiger partial charge on any atom is -0.309 e. The van der Waals surface area contributed by atoms with Gasteiger partial charge in [0.1, 0.15) is 0 Å². The lowest BCUT2D eigenvalue weighted by molar-refractivity contribution is 1.07. The Morgan fingerprint density at radius 1 is 0.280 bits per heavy atom. The normalized spacial score (nSPS) is 11.7. The third-order valence-corrected chi connectivity index (χ3v) is 16.0. The molecule has 0 radical (unpaired) electrons. The zero-order chi connectivity index (χ0) is 49.4. The maximum Gasteiger partial charge on any atom is 0.166 e. The van der Waals surface area contributed by atoms with Gasteiger partial charge < -0.3 is 9.13 Å². The summed E-state index contributed by atoms with van der Waals surface area (Å²) in [5, 5.41) is 7.20. The maximum atomic E-state index is 5.56. The van der Waals surface area contributed by atoms with E-state index in [0.717, 1.165) is 71.4 Å². The number of rotatable bonds is 8. The Morgan fingerprint density at radius 3 is 1.44 bits per heavy atom. The molecule has 0 N–H and O–H groups in total. The van der Waals surface area contributed by atoms with Gasteiger partial charge in [0.05, 0.1) is 27.8 Å². The Bertz CT molecular complexity index is 4700. The molecule has 0 aliphatic carbocycles. The molecule has 75 heavy (non-hydrogen) atoms. The summed E-state index contributed by atoms with van der Waals surface area (Å²) in [6.45, 7) is 0. The summed E-state index contributed by atoms with van der Waals surface area (Å²) in [6, 6.07) is 93.5. The van der Waals surface area contributed by atoms with Crippen LogP contribution in [0.4, 0.5) is 0 Å². The zero-order valence-electron chi connectivity index (χ0n) is 40.5. The topological polar surface area (TPSA) is 48.5 Å². The molecule has 0 aliphatic rings. The molecule has 15 aromatic rings. The maximum absolute atomic E-state index is 5.56. The van der Waals surface area contributed by atoms with Crippen LogP contribution in [0, 0.1) is 0 Å². The van der Waals surface area contributed by atoms with E-state index in [-0.39, 0.29) is 0 Å². The number of benzene rings is 11. The van der Waals surface area contributed by atoms with E-state index in [1.807, 2.05) is 0 Å². The van der Waals surface area contributed by atoms with Crippen molar-refractivity contribution in [3.05, 3.63) is 261 Å². The van der Waals surface area contributed by atoms with E-state index in [9.17, 15) is 0 Å². The summed E-state index contributed by atoms with van der Waals surface area (Å²) >= 11 is 1.78. The van der Waals surface area contributed by atoms with Crippen molar-refractivity contribution in [3.8, 4) is 78.9 Å². The molecule has 0 atom stereocenters. The van der Waals surface area contributed by atoms with Crippen LogP contribution in [0.3, 0.4) is 0 Å². The fourth-order valence-corrected chi connectivity index (χ4v) is 12.7. The van der Waals surface area contributed by atoms with Crippen molar-refractivity contribution in [3.63, 3.8) is 0 Å². The summed E-state index contributed by atoms with van der Waals surface area (Å²) in [5.74, 6) is 1.83. The first-order chi connectivity index (χ1) is 37.2. The van der Waals surface area contributed by atoms with Gasteiger partial charge in [-0.15, -0.1) is 11.3 Å². The molecule has 0 spiro atoms. The highest BCUT2D eigenvalue weighted by molar-refractivity contribution is 7.26. The third-order valence-electron chi connectivity index (χ3n) is 14.8. The first-order valence-electron chi connectivity index (χ1n) is 25.3. The molecule has 0 aliphatic heterocycles. The highest BCUT2D eigenvalue weighted by Gasteiger charge is 2.24. The van der Waals surface area contributed by atoms with Crippen molar-refractivity contribution in [1.82, 2.24) is 24.1 Å². The molecule has 0 fully saturated rings. The average molecular weight is 974 g/mol. The highest BCUT2D eigenvalue weighted by atomic mass is 32.1. The van der Waals surface area contributed by atoms with Gasteiger partial charge in [0.25, 0.3) is 0 Å². The second kappa shape index (κ2) is 17.5. The van der Waals surface area contributed by atoms with Crippen molar-refractivity contribution >= 4 is 75.1 Å². The zero-order valence-corrected chi connectivity index (χ0v) is 41.3. The number of aromatic nitrogens is 5. The van der Waals surface area contributed by atoms with Crippen LogP contribution in [0.2, 0.25) is 0 Å². The molecule has 0 saturated heterocycles. The highest BCUT2D eigenvalue weighted by Crippen LogP contribution is 2.46. The summed E-state index contributed by atoms with van der Waals surface area (Å²) in [7, 11) is 0. The molecule has 5 nitrogen and oxygen atoms in total. The van der Waals surface area contributed by atoms with Gasteiger partial charge in [-0.3, -0.25) is 0 Å². The fourth-order valence-electron chi connectivity index (χ4n) is 11.5. The predicted molar refractivity (Wildman–Crippen MR) is 314 cm³/mol. The van der Waals surface area contributed by atoms with Crippen LogP contribution in [-0.2, 0) is 0 Å². The smallest absolute Gasteiger partial charge is 0.166 e. The lowest BCUT2D eigenvalue weighted by Gasteiger charge is -2.17. The van der Waals surface area contributed by atoms with Crippen LogP contribution in [0.25, 0.3) is 143 Å². The molecule has 11 aromatic carbocycles. The molecule has 0 saturated carbocycles. The number of thiophene rings is 1. The van der Waals surface area contributed by atoms with E-state index >= 15 is 0 Å². The molecule has 0 amide bonds. The van der Waals surface area contributed by atoms with Gasteiger partial charge in [-0.2, -0.15) is 0 Å². The van der Waals surface area contributed by atoms with Gasteiger partial charge in [0.2, 0.25) is 0 Å². The van der Waals surface area contributed by atoms with Crippen molar-refractivity contribution in [2.24, 2.45) is 0 Å². The Kier molecular flexibility index (Phi) is 10.00. The van der Waals surface area contributed by atoms with Gasteiger partial charge in [-0.25, -0.2) is 15.0 Å². The van der Waals surface area contributed by atoms with Crippen LogP contribution in [0.1, 0.15) is 0 Å². The van der Waals surface area contributed by atoms with Gasteiger partial charge in [0.15, 0.2) is 17.5 Å². The van der Waals surface area contributed by atoms with Crippen LogP contribution >= 0.6 is 11.3 Å². The second-order valence-corrected chi connectivity index (χ2v) is 20.1. The van der Waals surface area contributed by atoms with Gasteiger partial charge in [-0.05, 0) is 100 Å². The van der Waals surface area contributed by atoms with E-state index < -0.39 is 0 Å². The molecule has 15 rings (SSSR count). The number of hydrogen-bond donors (Lipinski definition) is 0. The SMILES string of the molecule is c1ccc(-c2cccc(-c3nc(-c4ccc(-c5ccccc5)cc4-n4c5ccccc5c5c(-c6cccc7c6c6ccccc6n7-c6ccccc6)cccc54)nc(-c4cccc5c4sc4ccccc45)n3)c2)cc1. The minimum absolute atomic E-state index is 0.591. The van der Waals surface area contributed by atoms with E-state index in [4.69, 9.17) is 15.0 Å². The average Bonchev–Trinajstić information content (AvgIpc) is 4.21. The molecular formula is C69H43N5S. The third kappa shape index (κ3) is 7.03. The quantitative estimate of drug-likeness (QED) is 0.152. The summed E-state index contributed by atoms with van der Waals surface area (Å²) in [6.07, 6.45) is 0. The van der Waals surface area contributed by atoms with Gasteiger partial charge in [0, 0.05) is 64.1 Å². The Hall–Kier alpha value is -9.75.